The van der Waals surface area contributed by atoms with E-state index in [0.29, 0.717) is 18.3 Å². The van der Waals surface area contributed by atoms with Crippen LogP contribution >= 0.6 is 0 Å². The Hall–Kier alpha value is -2.30. The van der Waals surface area contributed by atoms with E-state index in [1.54, 1.807) is 6.92 Å². The maximum atomic E-state index is 12.9. The number of hydrogen-bond acceptors (Lipinski definition) is 2. The van der Waals surface area contributed by atoms with Gasteiger partial charge in [0.15, 0.2) is 0 Å². The van der Waals surface area contributed by atoms with Crippen molar-refractivity contribution in [1.82, 2.24) is 15.2 Å². The molecule has 2 aliphatic rings. The van der Waals surface area contributed by atoms with E-state index in [4.69, 9.17) is 0 Å². The minimum Gasteiger partial charge on any atom is -0.361 e. The molecule has 2 fully saturated rings. The normalized spacial score (nSPS) is 19.8. The van der Waals surface area contributed by atoms with Crippen LogP contribution in [0.25, 0.3) is 10.9 Å². The van der Waals surface area contributed by atoms with Crippen LogP contribution in [0, 0.1) is 11.8 Å². The SMILES string of the molecule is CC(=O)N1CCC(CC(=O)NC(c2cccc3cc[nH]c23)C2CCCC2)CC1. The number of aromatic amines is 1. The Balaban J connectivity index is 1.45. The highest BCUT2D eigenvalue weighted by atomic mass is 16.2. The van der Waals surface area contributed by atoms with Gasteiger partial charge in [0.1, 0.15) is 0 Å². The molecule has 1 aromatic heterocycles. The Kier molecular flexibility index (Phi) is 5.69. The standard InChI is InChI=1S/C23H31N3O2/c1-16(27)26-13-10-17(11-14-26)15-21(28)25-23(18-5-2-3-6-18)20-8-4-7-19-9-12-24-22(19)20/h4,7-9,12,17-18,23-24H,2-3,5-6,10-11,13-15H2,1H3,(H,25,28). The maximum Gasteiger partial charge on any atom is 0.220 e. The Bertz CT molecular complexity index is 829. The minimum absolute atomic E-state index is 0.0784. The molecule has 1 saturated carbocycles. The number of likely N-dealkylation sites (tertiary alicyclic amines) is 1. The van der Waals surface area contributed by atoms with E-state index in [1.807, 2.05) is 11.1 Å². The topological polar surface area (TPSA) is 65.2 Å². The molecule has 2 amide bonds. The summed E-state index contributed by atoms with van der Waals surface area (Å²) in [6.45, 7) is 3.18. The average Bonchev–Trinajstić information content (AvgIpc) is 3.38. The summed E-state index contributed by atoms with van der Waals surface area (Å²) in [6, 6.07) is 8.54. The number of hydrogen-bond donors (Lipinski definition) is 2. The number of carbonyl (C=O) groups excluding carboxylic acids is 2. The molecule has 1 aliphatic carbocycles. The van der Waals surface area contributed by atoms with E-state index in [0.717, 1.165) is 31.4 Å². The third kappa shape index (κ3) is 4.08. The number of carbonyl (C=O) groups is 2. The fourth-order valence-electron chi connectivity index (χ4n) is 5.06. The number of nitrogens with zero attached hydrogens (tertiary/aromatic N) is 1. The third-order valence-electron chi connectivity index (χ3n) is 6.68. The number of amides is 2. The molecule has 2 heterocycles. The van der Waals surface area contributed by atoms with Crippen molar-refractivity contribution in [2.45, 2.75) is 57.9 Å². The first-order chi connectivity index (χ1) is 13.6. The molecule has 150 valence electrons. The zero-order valence-corrected chi connectivity index (χ0v) is 16.7. The second-order valence-electron chi connectivity index (χ2n) is 8.53. The fourth-order valence-corrected chi connectivity index (χ4v) is 5.06. The molecule has 28 heavy (non-hydrogen) atoms. The molecule has 0 bridgehead atoms. The fraction of sp³-hybridized carbons (Fsp3) is 0.565. The molecule has 5 heteroatoms. The van der Waals surface area contributed by atoms with Crippen LogP contribution < -0.4 is 5.32 Å². The van der Waals surface area contributed by atoms with Crippen LogP contribution in [-0.2, 0) is 9.59 Å². The second-order valence-corrected chi connectivity index (χ2v) is 8.53. The lowest BCUT2D eigenvalue weighted by molar-refractivity contribution is -0.130. The highest BCUT2D eigenvalue weighted by Gasteiger charge is 2.30. The van der Waals surface area contributed by atoms with Gasteiger partial charge < -0.3 is 15.2 Å². The number of benzene rings is 1. The molecule has 1 aliphatic heterocycles. The summed E-state index contributed by atoms with van der Waals surface area (Å²) < 4.78 is 0. The van der Waals surface area contributed by atoms with Crippen molar-refractivity contribution < 1.29 is 9.59 Å². The van der Waals surface area contributed by atoms with Crippen molar-refractivity contribution in [2.24, 2.45) is 11.8 Å². The molecular formula is C23H31N3O2. The first-order valence-corrected chi connectivity index (χ1v) is 10.7. The number of aromatic nitrogens is 1. The van der Waals surface area contributed by atoms with Gasteiger partial charge in [-0.2, -0.15) is 0 Å². The monoisotopic (exact) mass is 381 g/mol. The van der Waals surface area contributed by atoms with Gasteiger partial charge in [0.25, 0.3) is 0 Å². The number of rotatable bonds is 5. The molecule has 2 N–H and O–H groups in total. The van der Waals surface area contributed by atoms with Gasteiger partial charge in [0, 0.05) is 32.6 Å². The zero-order chi connectivity index (χ0) is 19.5. The number of nitrogens with one attached hydrogen (secondary N) is 2. The lowest BCUT2D eigenvalue weighted by atomic mass is 9.89. The Morgan fingerprint density at radius 1 is 1.14 bits per heavy atom. The highest BCUT2D eigenvalue weighted by Crippen LogP contribution is 2.38. The van der Waals surface area contributed by atoms with Crippen LogP contribution in [0.4, 0.5) is 0 Å². The van der Waals surface area contributed by atoms with Gasteiger partial charge in [-0.25, -0.2) is 0 Å². The van der Waals surface area contributed by atoms with Gasteiger partial charge in [-0.3, -0.25) is 9.59 Å². The van der Waals surface area contributed by atoms with Crippen molar-refractivity contribution in [2.75, 3.05) is 13.1 Å². The van der Waals surface area contributed by atoms with Gasteiger partial charge in [0.05, 0.1) is 11.6 Å². The summed E-state index contributed by atoms with van der Waals surface area (Å²) in [6.07, 6.45) is 9.25. The first kappa shape index (κ1) is 19.0. The largest absolute Gasteiger partial charge is 0.361 e. The molecule has 0 radical (unpaired) electrons. The number of para-hydroxylation sites is 1. The van der Waals surface area contributed by atoms with E-state index in [2.05, 4.69) is 34.6 Å². The van der Waals surface area contributed by atoms with Crippen LogP contribution in [0.5, 0.6) is 0 Å². The lowest BCUT2D eigenvalue weighted by Crippen LogP contribution is -2.39. The minimum atomic E-state index is 0.0784. The summed E-state index contributed by atoms with van der Waals surface area (Å²) >= 11 is 0. The molecule has 2 aromatic rings. The second kappa shape index (κ2) is 8.38. The van der Waals surface area contributed by atoms with E-state index in [-0.39, 0.29) is 17.9 Å². The van der Waals surface area contributed by atoms with Crippen molar-refractivity contribution in [3.8, 4) is 0 Å². The van der Waals surface area contributed by atoms with E-state index in [9.17, 15) is 9.59 Å². The predicted octanol–water partition coefficient (Wildman–Crippen LogP) is 4.16. The van der Waals surface area contributed by atoms with Crippen LogP contribution in [0.1, 0.15) is 63.5 Å². The van der Waals surface area contributed by atoms with Gasteiger partial charge in [-0.15, -0.1) is 0 Å². The summed E-state index contributed by atoms with van der Waals surface area (Å²) in [5.74, 6) is 1.18. The molecule has 0 spiro atoms. The first-order valence-electron chi connectivity index (χ1n) is 10.7. The summed E-state index contributed by atoms with van der Waals surface area (Å²) in [4.78, 5) is 29.7. The molecule has 5 nitrogen and oxygen atoms in total. The van der Waals surface area contributed by atoms with Gasteiger partial charge in [-0.05, 0) is 54.5 Å². The number of fused-ring (bicyclic) bond motifs is 1. The Morgan fingerprint density at radius 2 is 1.89 bits per heavy atom. The van der Waals surface area contributed by atoms with Gasteiger partial charge >= 0.3 is 0 Å². The molecule has 1 unspecified atom stereocenters. The van der Waals surface area contributed by atoms with E-state index < -0.39 is 0 Å². The molecule has 1 aromatic carbocycles. The summed E-state index contributed by atoms with van der Waals surface area (Å²) in [5, 5.41) is 4.60. The molecule has 1 saturated heterocycles. The van der Waals surface area contributed by atoms with Crippen molar-refractivity contribution in [1.29, 1.82) is 0 Å². The lowest BCUT2D eigenvalue weighted by Gasteiger charge is -2.32. The smallest absolute Gasteiger partial charge is 0.220 e. The maximum absolute atomic E-state index is 12.9. The third-order valence-corrected chi connectivity index (χ3v) is 6.68. The van der Waals surface area contributed by atoms with Crippen molar-refractivity contribution in [3.05, 3.63) is 36.0 Å². The van der Waals surface area contributed by atoms with Crippen molar-refractivity contribution >= 4 is 22.7 Å². The number of H-pyrrole nitrogens is 1. The summed E-state index contributed by atoms with van der Waals surface area (Å²) in [5.41, 5.74) is 2.36. The zero-order valence-electron chi connectivity index (χ0n) is 16.7. The Morgan fingerprint density at radius 3 is 2.61 bits per heavy atom. The number of piperidine rings is 1. The average molecular weight is 382 g/mol. The van der Waals surface area contributed by atoms with E-state index >= 15 is 0 Å². The van der Waals surface area contributed by atoms with Gasteiger partial charge in [-0.1, -0.05) is 31.0 Å². The van der Waals surface area contributed by atoms with Crippen LogP contribution in [0.15, 0.2) is 30.5 Å². The van der Waals surface area contributed by atoms with Crippen molar-refractivity contribution in [3.63, 3.8) is 0 Å². The highest BCUT2D eigenvalue weighted by molar-refractivity contribution is 5.84. The quantitative estimate of drug-likeness (QED) is 0.817. The van der Waals surface area contributed by atoms with Crippen LogP contribution in [0.2, 0.25) is 0 Å². The van der Waals surface area contributed by atoms with E-state index in [1.165, 1.54) is 36.6 Å². The summed E-state index contributed by atoms with van der Waals surface area (Å²) in [7, 11) is 0. The molecule has 4 rings (SSSR count). The van der Waals surface area contributed by atoms with Crippen LogP contribution in [-0.4, -0.2) is 34.8 Å². The van der Waals surface area contributed by atoms with Crippen LogP contribution in [0.3, 0.4) is 0 Å². The van der Waals surface area contributed by atoms with Gasteiger partial charge in [0.2, 0.25) is 11.8 Å². The molecular weight excluding hydrogens is 350 g/mol. The predicted molar refractivity (Wildman–Crippen MR) is 111 cm³/mol. The molecule has 1 atom stereocenters. The Labute approximate surface area is 166 Å².